The fraction of sp³-hybridized carbons (Fsp3) is 0.429. The van der Waals surface area contributed by atoms with E-state index < -0.39 is 23.8 Å². The van der Waals surface area contributed by atoms with Gasteiger partial charge in [-0.15, -0.1) is 0 Å². The first-order chi connectivity index (χ1) is 16.9. The molecule has 0 bridgehead atoms. The molecule has 3 amide bonds. The van der Waals surface area contributed by atoms with Crippen molar-refractivity contribution in [1.82, 2.24) is 10.6 Å². The molecule has 2 unspecified atom stereocenters. The highest BCUT2D eigenvalue weighted by atomic mass is 16.5. The van der Waals surface area contributed by atoms with Crippen LogP contribution in [0.3, 0.4) is 0 Å². The molecule has 0 heterocycles. The average Bonchev–Trinajstić information content (AvgIpc) is 2.86. The first kappa shape index (κ1) is 27.9. The lowest BCUT2D eigenvalue weighted by molar-refractivity contribution is -0.127. The molecule has 189 valence electrons. The standard InChI is InChI=1S/C28H38N3O4/c1-3-4-5-9-18-30-28(34)25(31-26(32)17-12-21(2)27(29)33)19-22-13-15-24(16-14-22)35-20-23-10-7-6-8-11-23/h6-8,10-11,13-17,21,25H,3-5,9,12,18-20H2,1-2H3,(H2,29,33)(H,30,34)(H,31,32). The van der Waals surface area contributed by atoms with E-state index in [0.29, 0.717) is 19.6 Å². The van der Waals surface area contributed by atoms with Crippen LogP contribution in [0.25, 0.3) is 0 Å². The Morgan fingerprint density at radius 1 is 0.971 bits per heavy atom. The molecule has 4 N–H and O–H groups in total. The lowest BCUT2D eigenvalue weighted by Crippen LogP contribution is -2.48. The van der Waals surface area contributed by atoms with Crippen molar-refractivity contribution in [3.8, 4) is 5.75 Å². The van der Waals surface area contributed by atoms with Gasteiger partial charge >= 0.3 is 0 Å². The third kappa shape index (κ3) is 11.1. The van der Waals surface area contributed by atoms with Crippen LogP contribution in [0.1, 0.15) is 57.1 Å². The molecular formula is C28H38N3O4. The lowest BCUT2D eigenvalue weighted by Gasteiger charge is -2.19. The van der Waals surface area contributed by atoms with Crippen molar-refractivity contribution >= 4 is 17.7 Å². The maximum Gasteiger partial charge on any atom is 0.242 e. The quantitative estimate of drug-likeness (QED) is 0.318. The van der Waals surface area contributed by atoms with Crippen LogP contribution in [0, 0.1) is 12.3 Å². The van der Waals surface area contributed by atoms with Crippen molar-refractivity contribution in [1.29, 1.82) is 0 Å². The predicted octanol–water partition coefficient (Wildman–Crippen LogP) is 3.71. The van der Waals surface area contributed by atoms with E-state index in [1.54, 1.807) is 6.92 Å². The van der Waals surface area contributed by atoms with Gasteiger partial charge < -0.3 is 21.1 Å². The van der Waals surface area contributed by atoms with Crippen LogP contribution in [0.2, 0.25) is 0 Å². The van der Waals surface area contributed by atoms with E-state index >= 15 is 0 Å². The van der Waals surface area contributed by atoms with Crippen molar-refractivity contribution < 1.29 is 19.1 Å². The fourth-order valence-electron chi connectivity index (χ4n) is 3.42. The summed E-state index contributed by atoms with van der Waals surface area (Å²) in [5.74, 6) is -0.810. The summed E-state index contributed by atoms with van der Waals surface area (Å²) in [6, 6.07) is 16.7. The molecule has 0 aliphatic heterocycles. The molecule has 2 aromatic rings. The maximum absolute atomic E-state index is 12.8. The van der Waals surface area contributed by atoms with Crippen LogP contribution in [-0.2, 0) is 27.4 Å². The SMILES string of the molecule is CCCCCCNC(=O)C(Cc1ccc(OCc2ccccc2)cc1)NC(=O)[CH]CC(C)C(N)=O. The summed E-state index contributed by atoms with van der Waals surface area (Å²) in [6.07, 6.45) is 6.13. The predicted molar refractivity (Wildman–Crippen MR) is 137 cm³/mol. The molecule has 0 fully saturated rings. The molecule has 0 aliphatic rings. The van der Waals surface area contributed by atoms with Gasteiger partial charge in [0.25, 0.3) is 0 Å². The van der Waals surface area contributed by atoms with E-state index in [9.17, 15) is 14.4 Å². The van der Waals surface area contributed by atoms with Crippen molar-refractivity contribution in [3.63, 3.8) is 0 Å². The number of ether oxygens (including phenoxy) is 1. The summed E-state index contributed by atoms with van der Waals surface area (Å²) in [5.41, 5.74) is 7.24. The zero-order valence-electron chi connectivity index (χ0n) is 20.8. The Bertz CT molecular complexity index is 916. The van der Waals surface area contributed by atoms with Gasteiger partial charge in [-0.1, -0.05) is 75.6 Å². The average molecular weight is 481 g/mol. The number of nitrogens with one attached hydrogen (secondary N) is 2. The first-order valence-electron chi connectivity index (χ1n) is 12.4. The molecule has 0 aliphatic carbocycles. The normalized spacial score (nSPS) is 12.4. The molecule has 35 heavy (non-hydrogen) atoms. The highest BCUT2D eigenvalue weighted by molar-refractivity contribution is 5.91. The summed E-state index contributed by atoms with van der Waals surface area (Å²) in [5, 5.41) is 5.72. The van der Waals surface area contributed by atoms with Gasteiger partial charge in [-0.3, -0.25) is 14.4 Å². The first-order valence-corrected chi connectivity index (χ1v) is 12.4. The molecule has 2 atom stereocenters. The Balaban J connectivity index is 1.95. The Hall–Kier alpha value is -3.35. The van der Waals surface area contributed by atoms with Crippen molar-refractivity contribution in [2.75, 3.05) is 6.54 Å². The lowest BCUT2D eigenvalue weighted by atomic mass is 10.0. The molecule has 1 radical (unpaired) electrons. The second-order valence-electron chi connectivity index (χ2n) is 8.78. The van der Waals surface area contributed by atoms with Crippen LogP contribution in [0.4, 0.5) is 0 Å². The Labute approximate surface area is 208 Å². The molecule has 0 saturated carbocycles. The zero-order chi connectivity index (χ0) is 25.5. The van der Waals surface area contributed by atoms with Gasteiger partial charge in [0.1, 0.15) is 18.4 Å². The summed E-state index contributed by atoms with van der Waals surface area (Å²) in [4.78, 5) is 36.5. The number of hydrogen-bond donors (Lipinski definition) is 3. The highest BCUT2D eigenvalue weighted by Gasteiger charge is 2.22. The van der Waals surface area contributed by atoms with Crippen LogP contribution in [0.15, 0.2) is 54.6 Å². The minimum absolute atomic E-state index is 0.222. The molecule has 0 spiro atoms. The smallest absolute Gasteiger partial charge is 0.242 e. The van der Waals surface area contributed by atoms with Gasteiger partial charge in [0.15, 0.2) is 0 Å². The summed E-state index contributed by atoms with van der Waals surface area (Å²) >= 11 is 0. The molecule has 7 heteroatoms. The number of rotatable bonds is 16. The topological polar surface area (TPSA) is 111 Å². The number of carbonyl (C=O) groups is 3. The van der Waals surface area contributed by atoms with E-state index in [2.05, 4.69) is 17.6 Å². The van der Waals surface area contributed by atoms with Crippen molar-refractivity contribution in [2.45, 2.75) is 65.0 Å². The van der Waals surface area contributed by atoms with E-state index in [1.165, 1.54) is 6.42 Å². The van der Waals surface area contributed by atoms with E-state index in [-0.39, 0.29) is 12.3 Å². The van der Waals surface area contributed by atoms with Crippen molar-refractivity contribution in [3.05, 3.63) is 72.1 Å². The fourth-order valence-corrected chi connectivity index (χ4v) is 3.42. The van der Waals surface area contributed by atoms with E-state index in [4.69, 9.17) is 10.5 Å². The molecule has 7 nitrogen and oxygen atoms in total. The third-order valence-corrected chi connectivity index (χ3v) is 5.72. The number of primary amides is 1. The van der Waals surface area contributed by atoms with Gasteiger partial charge in [-0.05, 0) is 36.1 Å². The van der Waals surface area contributed by atoms with Gasteiger partial charge in [0.05, 0.1) is 6.42 Å². The molecule has 2 rings (SSSR count). The van der Waals surface area contributed by atoms with Crippen LogP contribution >= 0.6 is 0 Å². The minimum atomic E-state index is -0.732. The number of hydrogen-bond acceptors (Lipinski definition) is 4. The van der Waals surface area contributed by atoms with Gasteiger partial charge in [-0.25, -0.2) is 0 Å². The molecule has 0 saturated heterocycles. The highest BCUT2D eigenvalue weighted by Crippen LogP contribution is 2.16. The number of nitrogens with two attached hydrogens (primary N) is 1. The Morgan fingerprint density at radius 2 is 1.69 bits per heavy atom. The van der Waals surface area contributed by atoms with Crippen molar-refractivity contribution in [2.24, 2.45) is 11.7 Å². The Morgan fingerprint density at radius 3 is 2.34 bits per heavy atom. The maximum atomic E-state index is 12.8. The summed E-state index contributed by atoms with van der Waals surface area (Å²) in [7, 11) is 0. The monoisotopic (exact) mass is 480 g/mol. The zero-order valence-corrected chi connectivity index (χ0v) is 20.8. The minimum Gasteiger partial charge on any atom is -0.489 e. The number of carbonyl (C=O) groups excluding carboxylic acids is 3. The molecule has 0 aromatic heterocycles. The molecular weight excluding hydrogens is 442 g/mol. The second-order valence-corrected chi connectivity index (χ2v) is 8.78. The van der Waals surface area contributed by atoms with Crippen LogP contribution in [-0.4, -0.2) is 30.3 Å². The largest absolute Gasteiger partial charge is 0.489 e. The van der Waals surface area contributed by atoms with Crippen LogP contribution in [0.5, 0.6) is 5.75 Å². The number of benzene rings is 2. The number of unbranched alkanes of at least 4 members (excludes halogenated alkanes) is 3. The summed E-state index contributed by atoms with van der Waals surface area (Å²) in [6.45, 7) is 4.84. The second kappa shape index (κ2) is 15.5. The van der Waals surface area contributed by atoms with Gasteiger partial charge in [0, 0.05) is 18.9 Å². The van der Waals surface area contributed by atoms with E-state index in [1.807, 2.05) is 54.6 Å². The van der Waals surface area contributed by atoms with Gasteiger partial charge in [-0.2, -0.15) is 0 Å². The summed E-state index contributed by atoms with van der Waals surface area (Å²) < 4.78 is 5.83. The number of amides is 3. The third-order valence-electron chi connectivity index (χ3n) is 5.72. The van der Waals surface area contributed by atoms with Gasteiger partial charge in [0.2, 0.25) is 17.7 Å². The van der Waals surface area contributed by atoms with Crippen LogP contribution < -0.4 is 21.1 Å². The molecule has 2 aromatic carbocycles. The Kier molecular flexibility index (Phi) is 12.4. The van der Waals surface area contributed by atoms with E-state index in [0.717, 1.165) is 42.6 Å².